The number of hydrogen-bond acceptors (Lipinski definition) is 4. The molecule has 26 heavy (non-hydrogen) atoms. The van der Waals surface area contributed by atoms with E-state index in [2.05, 4.69) is 10.3 Å². The average molecular weight is 378 g/mol. The minimum absolute atomic E-state index is 0.000677. The van der Waals surface area contributed by atoms with E-state index in [9.17, 15) is 9.59 Å². The summed E-state index contributed by atoms with van der Waals surface area (Å²) in [5.41, 5.74) is 0.921. The Labute approximate surface area is 158 Å². The fraction of sp³-hybridized carbons (Fsp3) is 0.421. The number of oxazole rings is 1. The van der Waals surface area contributed by atoms with Gasteiger partial charge in [0.2, 0.25) is 11.8 Å². The van der Waals surface area contributed by atoms with Crippen LogP contribution in [0.4, 0.5) is 0 Å². The number of amides is 2. The number of hydrogen-bond donors (Lipinski definition) is 1. The Morgan fingerprint density at radius 2 is 1.85 bits per heavy atom. The van der Waals surface area contributed by atoms with Crippen molar-refractivity contribution < 1.29 is 14.0 Å². The van der Waals surface area contributed by atoms with Gasteiger partial charge in [0.15, 0.2) is 5.69 Å². The lowest BCUT2D eigenvalue weighted by molar-refractivity contribution is -0.133. The van der Waals surface area contributed by atoms with Gasteiger partial charge in [-0.25, -0.2) is 4.98 Å². The van der Waals surface area contributed by atoms with Crippen LogP contribution in [-0.2, 0) is 11.3 Å². The number of nitrogens with zero attached hydrogens (tertiary/aromatic N) is 2. The lowest BCUT2D eigenvalue weighted by Crippen LogP contribution is -2.38. The molecule has 0 aliphatic rings. The molecule has 1 heterocycles. The molecule has 2 rings (SSSR count). The Hall–Kier alpha value is -2.34. The van der Waals surface area contributed by atoms with Gasteiger partial charge >= 0.3 is 0 Å². The minimum Gasteiger partial charge on any atom is -0.446 e. The van der Waals surface area contributed by atoms with Gasteiger partial charge in [-0.05, 0) is 33.3 Å². The molecular formula is C19H24ClN3O3. The third-order valence-corrected chi connectivity index (χ3v) is 4.16. The second-order valence-electron chi connectivity index (χ2n) is 6.59. The highest BCUT2D eigenvalue weighted by molar-refractivity contribution is 6.30. The molecule has 0 bridgehead atoms. The summed E-state index contributed by atoms with van der Waals surface area (Å²) in [4.78, 5) is 30.6. The zero-order chi connectivity index (χ0) is 19.3. The average Bonchev–Trinajstić information content (AvgIpc) is 3.07. The number of rotatable bonds is 7. The Morgan fingerprint density at radius 1 is 1.19 bits per heavy atom. The van der Waals surface area contributed by atoms with E-state index in [1.165, 1.54) is 6.26 Å². The summed E-state index contributed by atoms with van der Waals surface area (Å²) in [6.07, 6.45) is 1.30. The Bertz CT molecular complexity index is 743. The summed E-state index contributed by atoms with van der Waals surface area (Å²) < 4.78 is 5.37. The summed E-state index contributed by atoms with van der Waals surface area (Å²) in [5.74, 6) is -0.255. The molecule has 0 saturated carbocycles. The normalized spacial score (nSPS) is 12.3. The highest BCUT2D eigenvalue weighted by atomic mass is 35.5. The van der Waals surface area contributed by atoms with E-state index in [-0.39, 0.29) is 42.0 Å². The van der Waals surface area contributed by atoms with Crippen LogP contribution in [0.25, 0.3) is 0 Å². The molecule has 1 aromatic heterocycles. The van der Waals surface area contributed by atoms with E-state index in [1.807, 2.05) is 58.0 Å². The predicted octanol–water partition coefficient (Wildman–Crippen LogP) is 3.53. The summed E-state index contributed by atoms with van der Waals surface area (Å²) in [5, 5.41) is 1.95. The first kappa shape index (κ1) is 20.0. The van der Waals surface area contributed by atoms with E-state index in [4.69, 9.17) is 16.0 Å². The van der Waals surface area contributed by atoms with Crippen molar-refractivity contribution in [3.8, 4) is 0 Å². The molecule has 6 nitrogen and oxygen atoms in total. The van der Waals surface area contributed by atoms with Crippen LogP contribution in [0.3, 0.4) is 0 Å². The van der Waals surface area contributed by atoms with Crippen molar-refractivity contribution in [2.24, 2.45) is 0 Å². The zero-order valence-corrected chi connectivity index (χ0v) is 16.2. The van der Waals surface area contributed by atoms with Crippen LogP contribution in [0.2, 0.25) is 0 Å². The van der Waals surface area contributed by atoms with Gasteiger partial charge in [-0.3, -0.25) is 9.59 Å². The van der Waals surface area contributed by atoms with Crippen LogP contribution >= 0.6 is 11.6 Å². The molecule has 0 saturated heterocycles. The standard InChI is InChI=1S/C19H24ClN3O3/c1-12(2)21-18(24)15-11-26-16(22-15)10-23(13(3)4)19(25)17(20)14-8-6-5-7-9-14/h5-9,11-13,17H,10H2,1-4H3,(H,21,24)/t17-/m1/s1. The van der Waals surface area contributed by atoms with Crippen LogP contribution in [0.5, 0.6) is 0 Å². The van der Waals surface area contributed by atoms with Crippen molar-refractivity contribution >= 4 is 23.4 Å². The minimum atomic E-state index is -0.794. The van der Waals surface area contributed by atoms with E-state index >= 15 is 0 Å². The van der Waals surface area contributed by atoms with Crippen molar-refractivity contribution in [1.29, 1.82) is 0 Å². The van der Waals surface area contributed by atoms with Gasteiger partial charge in [0, 0.05) is 12.1 Å². The highest BCUT2D eigenvalue weighted by Gasteiger charge is 2.27. The highest BCUT2D eigenvalue weighted by Crippen LogP contribution is 2.24. The van der Waals surface area contributed by atoms with Crippen LogP contribution in [0.15, 0.2) is 41.0 Å². The second-order valence-corrected chi connectivity index (χ2v) is 7.02. The number of aromatic nitrogens is 1. The predicted molar refractivity (Wildman–Crippen MR) is 99.8 cm³/mol. The first-order valence-corrected chi connectivity index (χ1v) is 8.98. The van der Waals surface area contributed by atoms with Gasteiger partial charge in [0.25, 0.3) is 5.91 Å². The molecule has 1 aromatic carbocycles. The number of halogens is 1. The lowest BCUT2D eigenvalue weighted by atomic mass is 10.1. The maximum Gasteiger partial charge on any atom is 0.273 e. The van der Waals surface area contributed by atoms with Gasteiger partial charge in [-0.15, -0.1) is 11.6 Å². The number of carbonyl (C=O) groups is 2. The molecule has 0 radical (unpaired) electrons. The Kier molecular flexibility index (Phi) is 6.80. The summed E-state index contributed by atoms with van der Waals surface area (Å²) in [7, 11) is 0. The summed E-state index contributed by atoms with van der Waals surface area (Å²) in [6.45, 7) is 7.65. The van der Waals surface area contributed by atoms with E-state index in [0.717, 1.165) is 5.56 Å². The van der Waals surface area contributed by atoms with E-state index in [0.29, 0.717) is 0 Å². The van der Waals surface area contributed by atoms with Crippen molar-refractivity contribution in [1.82, 2.24) is 15.2 Å². The smallest absolute Gasteiger partial charge is 0.273 e. The van der Waals surface area contributed by atoms with Gasteiger partial charge in [-0.2, -0.15) is 0 Å². The van der Waals surface area contributed by atoms with Crippen LogP contribution in [0, 0.1) is 0 Å². The molecule has 1 atom stereocenters. The van der Waals surface area contributed by atoms with Gasteiger partial charge in [0.1, 0.15) is 11.6 Å². The quantitative estimate of drug-likeness (QED) is 0.749. The van der Waals surface area contributed by atoms with Gasteiger partial charge in [-0.1, -0.05) is 30.3 Å². The molecule has 7 heteroatoms. The molecular weight excluding hydrogens is 354 g/mol. The van der Waals surface area contributed by atoms with Gasteiger partial charge < -0.3 is 14.6 Å². The monoisotopic (exact) mass is 377 g/mol. The fourth-order valence-corrected chi connectivity index (χ4v) is 2.67. The van der Waals surface area contributed by atoms with E-state index in [1.54, 1.807) is 4.90 Å². The van der Waals surface area contributed by atoms with Crippen molar-refractivity contribution in [3.63, 3.8) is 0 Å². The molecule has 0 aliphatic carbocycles. The zero-order valence-electron chi connectivity index (χ0n) is 15.4. The van der Waals surface area contributed by atoms with Crippen LogP contribution < -0.4 is 5.32 Å². The van der Waals surface area contributed by atoms with Crippen molar-refractivity contribution in [2.75, 3.05) is 0 Å². The maximum absolute atomic E-state index is 12.8. The molecule has 140 valence electrons. The molecule has 0 aliphatic heterocycles. The summed E-state index contributed by atoms with van der Waals surface area (Å²) >= 11 is 6.37. The number of carbonyl (C=O) groups excluding carboxylic acids is 2. The molecule has 2 amide bonds. The molecule has 0 spiro atoms. The summed E-state index contributed by atoms with van der Waals surface area (Å²) in [6, 6.07) is 9.07. The van der Waals surface area contributed by atoms with E-state index < -0.39 is 5.38 Å². The van der Waals surface area contributed by atoms with Gasteiger partial charge in [0.05, 0.1) is 6.54 Å². The number of alkyl halides is 1. The topological polar surface area (TPSA) is 75.4 Å². The number of benzene rings is 1. The Balaban J connectivity index is 2.12. The number of nitrogens with one attached hydrogen (secondary N) is 1. The molecule has 0 fully saturated rings. The Morgan fingerprint density at radius 3 is 2.42 bits per heavy atom. The van der Waals surface area contributed by atoms with Crippen molar-refractivity contribution in [2.45, 2.75) is 51.7 Å². The fourth-order valence-electron chi connectivity index (χ4n) is 2.39. The van der Waals surface area contributed by atoms with Crippen molar-refractivity contribution in [3.05, 3.63) is 53.7 Å². The second kappa shape index (κ2) is 8.85. The first-order valence-electron chi connectivity index (χ1n) is 8.54. The van der Waals surface area contributed by atoms with Crippen LogP contribution in [0.1, 0.15) is 55.0 Å². The largest absolute Gasteiger partial charge is 0.446 e. The van der Waals surface area contributed by atoms with Crippen LogP contribution in [-0.4, -0.2) is 33.8 Å². The molecule has 0 unspecified atom stereocenters. The third kappa shape index (κ3) is 5.08. The third-order valence-electron chi connectivity index (χ3n) is 3.73. The lowest BCUT2D eigenvalue weighted by Gasteiger charge is -2.27. The molecule has 2 aromatic rings. The maximum atomic E-state index is 12.8. The SMILES string of the molecule is CC(C)NC(=O)c1coc(CN(C(=O)[C@H](Cl)c2ccccc2)C(C)C)n1. The molecule has 1 N–H and O–H groups in total. The first-order chi connectivity index (χ1) is 12.3.